The second kappa shape index (κ2) is 9.04. The maximum Gasteiger partial charge on any atom is 0.124 e. The fourth-order valence-corrected chi connectivity index (χ4v) is 6.98. The van der Waals surface area contributed by atoms with Gasteiger partial charge in [0.05, 0.1) is 26.9 Å². The number of aliphatic imine (C=N–C) groups is 1. The van der Waals surface area contributed by atoms with Crippen molar-refractivity contribution in [3.8, 4) is 16.3 Å². The van der Waals surface area contributed by atoms with E-state index in [1.165, 1.54) is 26.5 Å². The average molecular weight is 520 g/mol. The van der Waals surface area contributed by atoms with Crippen LogP contribution in [0.5, 0.6) is 0 Å². The lowest BCUT2D eigenvalue weighted by Crippen LogP contribution is -1.97. The fourth-order valence-electron chi connectivity index (χ4n) is 5.86. The molecule has 3 heterocycles. The van der Waals surface area contributed by atoms with Crippen molar-refractivity contribution in [2.75, 3.05) is 0 Å². The molecule has 2 aromatic heterocycles. The van der Waals surface area contributed by atoms with Crippen LogP contribution in [0.25, 0.3) is 54.0 Å². The van der Waals surface area contributed by atoms with Crippen molar-refractivity contribution < 1.29 is 0 Å². The molecule has 6 aromatic rings. The number of fused-ring (bicyclic) bond motifs is 8. The van der Waals surface area contributed by atoms with Crippen molar-refractivity contribution in [3.63, 3.8) is 0 Å². The van der Waals surface area contributed by atoms with Crippen LogP contribution in [0.2, 0.25) is 0 Å². The van der Waals surface area contributed by atoms with Gasteiger partial charge in [0.25, 0.3) is 0 Å². The van der Waals surface area contributed by atoms with E-state index in [9.17, 15) is 0 Å². The third kappa shape index (κ3) is 3.79. The predicted molar refractivity (Wildman–Crippen MR) is 166 cm³/mol. The van der Waals surface area contributed by atoms with Crippen LogP contribution in [-0.2, 0) is 0 Å². The van der Waals surface area contributed by atoms with Crippen LogP contribution in [0.1, 0.15) is 18.4 Å². The van der Waals surface area contributed by atoms with Gasteiger partial charge in [-0.15, -0.1) is 11.3 Å². The van der Waals surface area contributed by atoms with E-state index in [0.29, 0.717) is 5.92 Å². The zero-order chi connectivity index (χ0) is 25.8. The summed E-state index contributed by atoms with van der Waals surface area (Å²) in [5.41, 5.74) is 9.15. The van der Waals surface area contributed by atoms with Gasteiger partial charge in [-0.05, 0) is 60.7 Å². The molecule has 8 rings (SSSR count). The lowest BCUT2D eigenvalue weighted by atomic mass is 9.98. The smallest absolute Gasteiger partial charge is 0.124 e. The molecule has 0 fully saturated rings. The predicted octanol–water partition coefficient (Wildman–Crippen LogP) is 9.38. The maximum absolute atomic E-state index is 5.02. The molecule has 1 aliphatic heterocycles. The number of para-hydroxylation sites is 1. The lowest BCUT2D eigenvalue weighted by Gasteiger charge is -2.10. The number of allylic oxidation sites excluding steroid dienone is 5. The van der Waals surface area contributed by atoms with Gasteiger partial charge in [-0.1, -0.05) is 85.0 Å². The van der Waals surface area contributed by atoms with Gasteiger partial charge in [0.15, 0.2) is 0 Å². The molecule has 2 aliphatic rings. The van der Waals surface area contributed by atoms with E-state index in [1.54, 1.807) is 11.3 Å². The third-order valence-electron chi connectivity index (χ3n) is 7.76. The molecule has 0 saturated carbocycles. The minimum absolute atomic E-state index is 0.422. The molecular weight excluding hydrogens is 494 g/mol. The van der Waals surface area contributed by atoms with E-state index < -0.39 is 0 Å². The molecule has 3 nitrogen and oxygen atoms in total. The van der Waals surface area contributed by atoms with E-state index in [1.807, 2.05) is 6.07 Å². The first kappa shape index (κ1) is 22.4. The number of aromatic nitrogens is 2. The van der Waals surface area contributed by atoms with Gasteiger partial charge in [0.1, 0.15) is 5.01 Å². The highest BCUT2D eigenvalue weighted by Gasteiger charge is 2.18. The van der Waals surface area contributed by atoms with E-state index in [2.05, 4.69) is 120 Å². The molecule has 0 spiro atoms. The second-order valence-electron chi connectivity index (χ2n) is 10.2. The highest BCUT2D eigenvalue weighted by molar-refractivity contribution is 7.22. The Balaban J connectivity index is 1.28. The van der Waals surface area contributed by atoms with Crippen LogP contribution >= 0.6 is 11.3 Å². The summed E-state index contributed by atoms with van der Waals surface area (Å²) in [6.45, 7) is 0. The molecule has 0 saturated heterocycles. The molecular formula is C35H25N3S. The summed E-state index contributed by atoms with van der Waals surface area (Å²) >= 11 is 1.78. The molecule has 0 N–H and O–H groups in total. The summed E-state index contributed by atoms with van der Waals surface area (Å²) in [6.07, 6.45) is 13.1. The maximum atomic E-state index is 5.02. The molecule has 2 bridgehead atoms. The summed E-state index contributed by atoms with van der Waals surface area (Å²) in [5, 5.41) is 3.58. The van der Waals surface area contributed by atoms with Crippen LogP contribution < -0.4 is 0 Å². The monoisotopic (exact) mass is 519 g/mol. The highest BCUT2D eigenvalue weighted by atomic mass is 32.1. The Morgan fingerprint density at radius 2 is 1.62 bits per heavy atom. The van der Waals surface area contributed by atoms with Gasteiger partial charge in [0.2, 0.25) is 0 Å². The summed E-state index contributed by atoms with van der Waals surface area (Å²) in [5.74, 6) is 0.422. The normalized spacial score (nSPS) is 18.5. The van der Waals surface area contributed by atoms with E-state index in [-0.39, 0.29) is 0 Å². The fraction of sp³-hybridized carbons (Fsp3) is 0.0857. The average Bonchev–Trinajstić information content (AvgIpc) is 3.51. The number of rotatable bonds is 3. The van der Waals surface area contributed by atoms with Crippen molar-refractivity contribution in [3.05, 3.63) is 127 Å². The Kier molecular flexibility index (Phi) is 5.20. The van der Waals surface area contributed by atoms with Crippen LogP contribution in [0.3, 0.4) is 0 Å². The van der Waals surface area contributed by atoms with Crippen molar-refractivity contribution in [2.24, 2.45) is 10.9 Å². The molecule has 39 heavy (non-hydrogen) atoms. The minimum Gasteiger partial charge on any atom is -0.309 e. The molecule has 4 heteroatoms. The van der Waals surface area contributed by atoms with E-state index in [0.717, 1.165) is 51.6 Å². The number of nitrogens with zero attached hydrogens (tertiary/aromatic N) is 3. The zero-order valence-corrected chi connectivity index (χ0v) is 22.1. The Bertz CT molecular complexity index is 2000. The number of benzene rings is 4. The third-order valence-corrected chi connectivity index (χ3v) is 8.90. The van der Waals surface area contributed by atoms with Crippen LogP contribution in [0.4, 0.5) is 0 Å². The Hall–Kier alpha value is -4.54. The number of hydrogen-bond donors (Lipinski definition) is 0. The summed E-state index contributed by atoms with van der Waals surface area (Å²) < 4.78 is 3.62. The van der Waals surface area contributed by atoms with Crippen LogP contribution in [-0.4, -0.2) is 15.3 Å². The lowest BCUT2D eigenvalue weighted by molar-refractivity contribution is 0.743. The molecule has 0 radical (unpaired) electrons. The second-order valence-corrected chi connectivity index (χ2v) is 11.2. The van der Waals surface area contributed by atoms with Gasteiger partial charge in [0, 0.05) is 27.7 Å². The first-order valence-corrected chi connectivity index (χ1v) is 14.3. The molecule has 4 aromatic carbocycles. The Morgan fingerprint density at radius 1 is 0.769 bits per heavy atom. The summed E-state index contributed by atoms with van der Waals surface area (Å²) in [7, 11) is 0. The standard InChI is InChI=1S/C35H25N3S/c1-2-9-25(10-3-1)35-37-29-20-21-32-33(34(29)39-35)28-12-6-7-13-31(28)38(32)27-18-15-24(16-19-27)30-22-23-8-4-5-11-26(36-30)17-14-23/h1-13,15-16,18-23H,14,17H2/b8-4-,11-5-. The van der Waals surface area contributed by atoms with Crippen molar-refractivity contribution in [1.82, 2.24) is 9.55 Å². The molecule has 1 atom stereocenters. The zero-order valence-electron chi connectivity index (χ0n) is 21.3. The first-order chi connectivity index (χ1) is 19.3. The van der Waals surface area contributed by atoms with Crippen LogP contribution in [0, 0.1) is 5.92 Å². The molecule has 186 valence electrons. The minimum atomic E-state index is 0.422. The van der Waals surface area contributed by atoms with Crippen LogP contribution in [0.15, 0.2) is 126 Å². The molecule has 1 unspecified atom stereocenters. The van der Waals surface area contributed by atoms with Gasteiger partial charge >= 0.3 is 0 Å². The first-order valence-electron chi connectivity index (χ1n) is 13.4. The van der Waals surface area contributed by atoms with E-state index >= 15 is 0 Å². The van der Waals surface area contributed by atoms with Gasteiger partial charge in [-0.25, -0.2) is 4.98 Å². The van der Waals surface area contributed by atoms with Crippen molar-refractivity contribution in [2.45, 2.75) is 12.8 Å². The van der Waals surface area contributed by atoms with Gasteiger partial charge in [-0.2, -0.15) is 0 Å². The molecule has 1 aliphatic carbocycles. The van der Waals surface area contributed by atoms with Gasteiger partial charge in [-0.3, -0.25) is 4.99 Å². The van der Waals surface area contributed by atoms with Crippen molar-refractivity contribution >= 4 is 54.8 Å². The largest absolute Gasteiger partial charge is 0.309 e. The highest BCUT2D eigenvalue weighted by Crippen LogP contribution is 2.41. The SMILES string of the molecule is C1=C(c2ccc(-n3c4ccccc4c4c5sc(-c6ccccc6)nc5ccc43)cc2)N=C2/C=C\C=C/C1CC2. The van der Waals surface area contributed by atoms with E-state index in [4.69, 9.17) is 9.98 Å². The Labute approximate surface area is 230 Å². The van der Waals surface area contributed by atoms with Gasteiger partial charge < -0.3 is 4.57 Å². The molecule has 0 amide bonds. The topological polar surface area (TPSA) is 30.2 Å². The number of hydrogen-bond acceptors (Lipinski definition) is 3. The Morgan fingerprint density at radius 3 is 2.51 bits per heavy atom. The van der Waals surface area contributed by atoms with Crippen molar-refractivity contribution in [1.29, 1.82) is 0 Å². The summed E-state index contributed by atoms with van der Waals surface area (Å²) in [4.78, 5) is 10.0. The summed E-state index contributed by atoms with van der Waals surface area (Å²) in [6, 6.07) is 32.5. The number of thiazole rings is 1. The quantitative estimate of drug-likeness (QED) is 0.229.